The third kappa shape index (κ3) is 2.60. The summed E-state index contributed by atoms with van der Waals surface area (Å²) in [5.41, 5.74) is 0.906. The minimum atomic E-state index is -0.843. The Labute approximate surface area is 200 Å². The number of benzene rings is 3. The summed E-state index contributed by atoms with van der Waals surface area (Å²) in [6, 6.07) is 20.5. The third-order valence-corrected chi connectivity index (χ3v) is 8.06. The maximum atomic E-state index is 14.0. The van der Waals surface area contributed by atoms with Crippen LogP contribution in [0.25, 0.3) is 21.9 Å². The van der Waals surface area contributed by atoms with Gasteiger partial charge in [0.2, 0.25) is 11.8 Å². The van der Waals surface area contributed by atoms with Crippen molar-refractivity contribution in [1.82, 2.24) is 4.98 Å². The second kappa shape index (κ2) is 6.77. The molecule has 3 aliphatic rings. The van der Waals surface area contributed by atoms with Crippen molar-refractivity contribution < 1.29 is 18.7 Å². The number of hydrogen-bond acceptors (Lipinski definition) is 6. The van der Waals surface area contributed by atoms with Crippen LogP contribution in [0.3, 0.4) is 0 Å². The van der Waals surface area contributed by atoms with E-state index in [-0.39, 0.29) is 11.8 Å². The molecule has 0 spiro atoms. The molecule has 7 rings (SSSR count). The molecule has 0 saturated carbocycles. The van der Waals surface area contributed by atoms with Gasteiger partial charge in [-0.25, -0.2) is 9.88 Å². The lowest BCUT2D eigenvalue weighted by atomic mass is 9.67. The number of imide groups is 1. The SMILES string of the molecule is CC12CCC(Cc3nc4ccccc4o3)(O1)[C@@H]1C(=O)N(c3ccc(C#N)c4ccccc34)C(=O)[C@@H]12. The molecule has 4 aromatic rings. The number of anilines is 1. The summed E-state index contributed by atoms with van der Waals surface area (Å²) in [6.07, 6.45) is 1.68. The number of rotatable bonds is 3. The van der Waals surface area contributed by atoms with E-state index in [4.69, 9.17) is 9.15 Å². The molecule has 172 valence electrons. The number of carbonyl (C=O) groups excluding carboxylic acids is 2. The van der Waals surface area contributed by atoms with Crippen molar-refractivity contribution in [3.8, 4) is 6.07 Å². The summed E-state index contributed by atoms with van der Waals surface area (Å²) in [6.45, 7) is 1.94. The molecule has 7 heteroatoms. The fourth-order valence-corrected chi connectivity index (χ4v) is 6.58. The molecule has 7 nitrogen and oxygen atoms in total. The minimum Gasteiger partial charge on any atom is -0.441 e. The molecule has 4 atom stereocenters. The highest BCUT2D eigenvalue weighted by molar-refractivity contribution is 6.26. The summed E-state index contributed by atoms with van der Waals surface area (Å²) in [4.78, 5) is 33.8. The summed E-state index contributed by atoms with van der Waals surface area (Å²) in [5, 5.41) is 11.0. The molecule has 3 saturated heterocycles. The van der Waals surface area contributed by atoms with Crippen LogP contribution in [0.2, 0.25) is 0 Å². The van der Waals surface area contributed by atoms with Crippen molar-refractivity contribution in [3.05, 3.63) is 72.1 Å². The van der Waals surface area contributed by atoms with Gasteiger partial charge in [0.15, 0.2) is 11.5 Å². The summed E-state index contributed by atoms with van der Waals surface area (Å²) in [5.74, 6) is -1.16. The van der Waals surface area contributed by atoms with Crippen LogP contribution in [0.4, 0.5) is 5.69 Å². The number of ether oxygens (including phenoxy) is 1. The van der Waals surface area contributed by atoms with Gasteiger partial charge in [0.1, 0.15) is 5.52 Å². The Balaban J connectivity index is 1.33. The van der Waals surface area contributed by atoms with E-state index in [0.29, 0.717) is 47.4 Å². The van der Waals surface area contributed by atoms with E-state index in [1.54, 1.807) is 12.1 Å². The molecule has 3 fully saturated rings. The number of amides is 2. The quantitative estimate of drug-likeness (QED) is 0.415. The number of oxazole rings is 1. The topological polar surface area (TPSA) is 96.4 Å². The first-order valence-electron chi connectivity index (χ1n) is 11.8. The Morgan fingerprint density at radius 3 is 2.54 bits per heavy atom. The predicted molar refractivity (Wildman–Crippen MR) is 127 cm³/mol. The lowest BCUT2D eigenvalue weighted by molar-refractivity contribution is -0.130. The first kappa shape index (κ1) is 20.4. The van der Waals surface area contributed by atoms with E-state index >= 15 is 0 Å². The zero-order chi connectivity index (χ0) is 23.9. The van der Waals surface area contributed by atoms with Gasteiger partial charge in [-0.05, 0) is 44.0 Å². The van der Waals surface area contributed by atoms with Crippen LogP contribution < -0.4 is 4.90 Å². The predicted octanol–water partition coefficient (Wildman–Crippen LogP) is 4.52. The molecule has 2 amide bonds. The average molecular weight is 463 g/mol. The van der Waals surface area contributed by atoms with Gasteiger partial charge in [-0.15, -0.1) is 0 Å². The van der Waals surface area contributed by atoms with E-state index in [1.165, 1.54) is 4.90 Å². The van der Waals surface area contributed by atoms with Crippen molar-refractivity contribution in [3.63, 3.8) is 0 Å². The number of fused-ring (bicyclic) bond motifs is 7. The second-order valence-electron chi connectivity index (χ2n) is 9.99. The van der Waals surface area contributed by atoms with E-state index in [0.717, 1.165) is 10.9 Å². The third-order valence-electron chi connectivity index (χ3n) is 8.06. The smallest absolute Gasteiger partial charge is 0.240 e. The Kier molecular flexibility index (Phi) is 3.94. The van der Waals surface area contributed by atoms with Crippen LogP contribution in [0.5, 0.6) is 0 Å². The van der Waals surface area contributed by atoms with Crippen LogP contribution in [0.1, 0.15) is 31.2 Å². The largest absolute Gasteiger partial charge is 0.441 e. The molecule has 3 aromatic carbocycles. The highest BCUT2D eigenvalue weighted by Crippen LogP contribution is 2.62. The normalized spacial score (nSPS) is 29.3. The average Bonchev–Trinajstić information content (AvgIpc) is 3.56. The Morgan fingerprint density at radius 2 is 1.74 bits per heavy atom. The molecule has 1 aromatic heterocycles. The fourth-order valence-electron chi connectivity index (χ4n) is 6.58. The summed E-state index contributed by atoms with van der Waals surface area (Å²) < 4.78 is 12.5. The molecule has 0 aliphatic carbocycles. The van der Waals surface area contributed by atoms with Gasteiger partial charge in [-0.2, -0.15) is 5.26 Å². The van der Waals surface area contributed by atoms with Gasteiger partial charge in [0, 0.05) is 10.8 Å². The summed E-state index contributed by atoms with van der Waals surface area (Å²) >= 11 is 0. The number of carbonyl (C=O) groups is 2. The highest BCUT2D eigenvalue weighted by atomic mass is 16.5. The molecular weight excluding hydrogens is 442 g/mol. The number of nitriles is 1. The van der Waals surface area contributed by atoms with E-state index in [9.17, 15) is 14.9 Å². The molecule has 2 bridgehead atoms. The van der Waals surface area contributed by atoms with Gasteiger partial charge >= 0.3 is 0 Å². The fraction of sp³-hybridized carbons (Fsp3) is 0.286. The highest BCUT2D eigenvalue weighted by Gasteiger charge is 2.74. The zero-order valence-corrected chi connectivity index (χ0v) is 19.0. The van der Waals surface area contributed by atoms with Gasteiger partial charge in [0.05, 0.1) is 46.8 Å². The number of aromatic nitrogens is 1. The number of nitrogens with zero attached hydrogens (tertiary/aromatic N) is 3. The standard InChI is InChI=1S/C28H21N3O4/c1-27-12-13-28(35-27,14-22-30-19-8-4-5-9-21(19)34-22)24-23(27)25(32)31(26(24)33)20-11-10-16(15-29)17-6-2-3-7-18(17)20/h2-11,23-24H,12-14H2,1H3/t23-,24+,27?,28?/m1/s1. The van der Waals surface area contributed by atoms with Crippen molar-refractivity contribution in [1.29, 1.82) is 5.26 Å². The maximum Gasteiger partial charge on any atom is 0.240 e. The maximum absolute atomic E-state index is 14.0. The second-order valence-corrected chi connectivity index (χ2v) is 9.99. The van der Waals surface area contributed by atoms with Crippen LogP contribution in [-0.4, -0.2) is 28.0 Å². The van der Waals surface area contributed by atoms with E-state index < -0.39 is 23.0 Å². The Hall–Kier alpha value is -4.02. The van der Waals surface area contributed by atoms with Gasteiger partial charge in [0.25, 0.3) is 0 Å². The van der Waals surface area contributed by atoms with Crippen molar-refractivity contribution >= 4 is 39.4 Å². The van der Waals surface area contributed by atoms with Crippen molar-refractivity contribution in [2.75, 3.05) is 4.90 Å². The molecule has 4 heterocycles. The van der Waals surface area contributed by atoms with Crippen LogP contribution >= 0.6 is 0 Å². The van der Waals surface area contributed by atoms with E-state index in [1.807, 2.05) is 55.5 Å². The molecular formula is C28H21N3O4. The molecule has 3 aliphatic heterocycles. The Morgan fingerprint density at radius 1 is 1.00 bits per heavy atom. The monoisotopic (exact) mass is 463 g/mol. The van der Waals surface area contributed by atoms with Crippen molar-refractivity contribution in [2.45, 2.75) is 37.4 Å². The Bertz CT molecular complexity index is 1580. The minimum absolute atomic E-state index is 0.239. The molecule has 0 N–H and O–H groups in total. The zero-order valence-electron chi connectivity index (χ0n) is 19.0. The van der Waals surface area contributed by atoms with Crippen LogP contribution in [0, 0.1) is 23.2 Å². The summed E-state index contributed by atoms with van der Waals surface area (Å²) in [7, 11) is 0. The molecule has 35 heavy (non-hydrogen) atoms. The first-order chi connectivity index (χ1) is 16.9. The van der Waals surface area contributed by atoms with Gasteiger partial charge in [-0.3, -0.25) is 9.59 Å². The van der Waals surface area contributed by atoms with E-state index in [2.05, 4.69) is 11.1 Å². The van der Waals surface area contributed by atoms with Crippen molar-refractivity contribution in [2.24, 2.45) is 11.8 Å². The first-order valence-corrected chi connectivity index (χ1v) is 11.8. The molecule has 0 radical (unpaired) electrons. The lowest BCUT2D eigenvalue weighted by Crippen LogP contribution is -2.43. The number of para-hydroxylation sites is 2. The van der Waals surface area contributed by atoms with Gasteiger partial charge in [-0.1, -0.05) is 36.4 Å². The van der Waals surface area contributed by atoms with Crippen LogP contribution in [0.15, 0.2) is 65.1 Å². The lowest BCUT2D eigenvalue weighted by Gasteiger charge is -2.30. The molecule has 2 unspecified atom stereocenters. The number of hydrogen-bond donors (Lipinski definition) is 0. The van der Waals surface area contributed by atoms with Crippen LogP contribution in [-0.2, 0) is 20.7 Å². The van der Waals surface area contributed by atoms with Gasteiger partial charge < -0.3 is 9.15 Å².